The summed E-state index contributed by atoms with van der Waals surface area (Å²) in [5.41, 5.74) is 0. The van der Waals surface area contributed by atoms with Crippen LogP contribution in [-0.2, 0) is 9.53 Å². The van der Waals surface area contributed by atoms with E-state index in [0.717, 1.165) is 0 Å². The van der Waals surface area contributed by atoms with Crippen molar-refractivity contribution in [2.24, 2.45) is 0 Å². The van der Waals surface area contributed by atoms with Crippen molar-refractivity contribution in [3.05, 3.63) is 0 Å². The van der Waals surface area contributed by atoms with Gasteiger partial charge in [-0.1, -0.05) is 0 Å². The maximum absolute atomic E-state index is 11.1. The Hall–Kier alpha value is -0.570. The topological polar surface area (TPSA) is 127 Å². The molecule has 0 aromatic rings. The molecule has 7 heteroatoms. The number of hydrogen-bond donors (Lipinski definition) is 5. The van der Waals surface area contributed by atoms with Gasteiger partial charge in [0.25, 0.3) is 0 Å². The summed E-state index contributed by atoms with van der Waals surface area (Å²) >= 11 is 0. The molecule has 0 aromatic heterocycles. The lowest BCUT2D eigenvalue weighted by Gasteiger charge is -2.22. The second-order valence-electron chi connectivity index (χ2n) is 2.90. The van der Waals surface area contributed by atoms with Crippen LogP contribution in [0, 0.1) is 0 Å². The third-order valence-electron chi connectivity index (χ3n) is 1.76. The van der Waals surface area contributed by atoms with E-state index in [1.807, 2.05) is 0 Å². The summed E-state index contributed by atoms with van der Waals surface area (Å²) in [6, 6.07) is 0. The molecule has 1 unspecified atom stereocenters. The quantitative estimate of drug-likeness (QED) is 0.291. The van der Waals surface area contributed by atoms with Crippen LogP contribution in [0.2, 0.25) is 0 Å². The molecule has 15 heavy (non-hydrogen) atoms. The Bertz CT molecular complexity index is 195. The average molecular weight is 224 g/mol. The van der Waals surface area contributed by atoms with Crippen molar-refractivity contribution in [3.8, 4) is 0 Å². The fraction of sp³-hybridized carbons (Fsp3) is 0.875. The number of rotatable bonds is 7. The predicted octanol–water partition coefficient (Wildman–Crippen LogP) is -3.01. The number of Topliss-reactive ketones (excluding diaryl/α,β-unsaturated/α-hetero) is 1. The Balaban J connectivity index is 4.30. The second-order valence-corrected chi connectivity index (χ2v) is 2.90. The van der Waals surface area contributed by atoms with Crippen LogP contribution in [0.1, 0.15) is 6.92 Å². The number of aliphatic hydroxyl groups excluding tert-OH is 5. The first-order chi connectivity index (χ1) is 6.95. The highest BCUT2D eigenvalue weighted by Gasteiger charge is 2.33. The first-order valence-corrected chi connectivity index (χ1v) is 4.44. The normalized spacial score (nSPS) is 19.3. The first kappa shape index (κ1) is 14.4. The van der Waals surface area contributed by atoms with Crippen molar-refractivity contribution in [3.63, 3.8) is 0 Å². The van der Waals surface area contributed by atoms with Crippen LogP contribution in [-0.4, -0.2) is 69.1 Å². The van der Waals surface area contributed by atoms with Gasteiger partial charge in [0.15, 0.2) is 0 Å². The molecule has 0 saturated carbocycles. The minimum atomic E-state index is -2.01. The lowest BCUT2D eigenvalue weighted by atomic mass is 10.0. The highest BCUT2D eigenvalue weighted by molar-refractivity contribution is 5.86. The molecule has 0 fully saturated rings. The Labute approximate surface area is 86.5 Å². The van der Waals surface area contributed by atoms with Crippen LogP contribution in [0.4, 0.5) is 0 Å². The number of aliphatic hydroxyl groups is 5. The van der Waals surface area contributed by atoms with E-state index in [0.29, 0.717) is 0 Å². The van der Waals surface area contributed by atoms with Gasteiger partial charge in [-0.2, -0.15) is 0 Å². The lowest BCUT2D eigenvalue weighted by Crippen LogP contribution is -2.47. The van der Waals surface area contributed by atoms with Crippen LogP contribution in [0.15, 0.2) is 0 Å². The van der Waals surface area contributed by atoms with Gasteiger partial charge in [0.05, 0.1) is 6.61 Å². The third-order valence-corrected chi connectivity index (χ3v) is 1.76. The van der Waals surface area contributed by atoms with E-state index in [2.05, 4.69) is 4.74 Å². The van der Waals surface area contributed by atoms with Gasteiger partial charge in [-0.3, -0.25) is 4.79 Å². The molecule has 0 aliphatic rings. The molecular weight excluding hydrogens is 208 g/mol. The van der Waals surface area contributed by atoms with Crippen molar-refractivity contribution < 1.29 is 35.1 Å². The number of ketones is 1. The largest absolute Gasteiger partial charge is 0.394 e. The Morgan fingerprint density at radius 3 is 2.20 bits per heavy atom. The molecule has 90 valence electrons. The maximum Gasteiger partial charge on any atom is 0.219 e. The summed E-state index contributed by atoms with van der Waals surface area (Å²) in [6.07, 6.45) is -7.38. The van der Waals surface area contributed by atoms with Crippen molar-refractivity contribution >= 4 is 5.78 Å². The third kappa shape index (κ3) is 4.20. The minimum Gasteiger partial charge on any atom is -0.394 e. The van der Waals surface area contributed by atoms with Crippen LogP contribution in [0.3, 0.4) is 0 Å². The zero-order chi connectivity index (χ0) is 12.0. The zero-order valence-electron chi connectivity index (χ0n) is 8.28. The van der Waals surface area contributed by atoms with Gasteiger partial charge in [-0.25, -0.2) is 0 Å². The summed E-state index contributed by atoms with van der Waals surface area (Å²) in [7, 11) is 0. The molecule has 0 amide bonds. The number of hydrogen-bond acceptors (Lipinski definition) is 7. The number of ether oxygens (including phenoxy) is 1. The molecule has 0 bridgehead atoms. The smallest absolute Gasteiger partial charge is 0.219 e. The van der Waals surface area contributed by atoms with Gasteiger partial charge < -0.3 is 30.3 Å². The highest BCUT2D eigenvalue weighted by atomic mass is 16.6. The zero-order valence-corrected chi connectivity index (χ0v) is 8.28. The lowest BCUT2D eigenvalue weighted by molar-refractivity contribution is -0.173. The molecule has 0 radical (unpaired) electrons. The predicted molar refractivity (Wildman–Crippen MR) is 47.7 cm³/mol. The first-order valence-electron chi connectivity index (χ1n) is 4.44. The van der Waals surface area contributed by atoms with Crippen molar-refractivity contribution in [1.82, 2.24) is 0 Å². The van der Waals surface area contributed by atoms with Crippen LogP contribution in [0.25, 0.3) is 0 Å². The summed E-state index contributed by atoms with van der Waals surface area (Å²) < 4.78 is 4.48. The summed E-state index contributed by atoms with van der Waals surface area (Å²) in [4.78, 5) is 11.1. The van der Waals surface area contributed by atoms with Crippen molar-refractivity contribution in [1.29, 1.82) is 0 Å². The van der Waals surface area contributed by atoms with E-state index in [-0.39, 0.29) is 6.61 Å². The van der Waals surface area contributed by atoms with Gasteiger partial charge >= 0.3 is 0 Å². The Morgan fingerprint density at radius 2 is 1.80 bits per heavy atom. The van der Waals surface area contributed by atoms with Crippen LogP contribution < -0.4 is 0 Å². The SMILES string of the molecule is CCOC(O)C(=O)[C@H](O)[C@@H](O)[C@H](O)CO. The van der Waals surface area contributed by atoms with Gasteiger partial charge in [0.2, 0.25) is 12.1 Å². The number of carbonyl (C=O) groups is 1. The number of carbonyl (C=O) groups excluding carboxylic acids is 1. The van der Waals surface area contributed by atoms with E-state index < -0.39 is 37.0 Å². The van der Waals surface area contributed by atoms with E-state index in [1.54, 1.807) is 0 Å². The molecule has 0 saturated heterocycles. The van der Waals surface area contributed by atoms with Crippen molar-refractivity contribution in [2.45, 2.75) is 31.5 Å². The average Bonchev–Trinajstić information content (AvgIpc) is 2.25. The van der Waals surface area contributed by atoms with Gasteiger partial charge in [-0.05, 0) is 6.92 Å². The summed E-state index contributed by atoms with van der Waals surface area (Å²) in [6.45, 7) is 0.774. The van der Waals surface area contributed by atoms with Crippen molar-refractivity contribution in [2.75, 3.05) is 13.2 Å². The minimum absolute atomic E-state index is 0.0538. The van der Waals surface area contributed by atoms with Gasteiger partial charge in [0, 0.05) is 6.61 Å². The Kier molecular flexibility index (Phi) is 6.57. The molecule has 0 aliphatic carbocycles. The fourth-order valence-electron chi connectivity index (χ4n) is 0.873. The monoisotopic (exact) mass is 224 g/mol. The van der Waals surface area contributed by atoms with Crippen LogP contribution in [0.5, 0.6) is 0 Å². The Morgan fingerprint density at radius 1 is 1.27 bits per heavy atom. The molecular formula is C8H16O7. The molecule has 0 aliphatic heterocycles. The van der Waals surface area contributed by atoms with Gasteiger partial charge in [-0.15, -0.1) is 0 Å². The van der Waals surface area contributed by atoms with Gasteiger partial charge in [0.1, 0.15) is 18.3 Å². The maximum atomic E-state index is 11.1. The molecule has 0 spiro atoms. The molecule has 7 nitrogen and oxygen atoms in total. The summed E-state index contributed by atoms with van der Waals surface area (Å²) in [5, 5.41) is 44.7. The summed E-state index contributed by atoms with van der Waals surface area (Å²) in [5.74, 6) is -1.17. The molecule has 5 N–H and O–H groups in total. The van der Waals surface area contributed by atoms with E-state index in [1.165, 1.54) is 6.92 Å². The second kappa shape index (κ2) is 6.83. The van der Waals surface area contributed by atoms with Crippen LogP contribution >= 0.6 is 0 Å². The molecule has 4 atom stereocenters. The van der Waals surface area contributed by atoms with E-state index in [9.17, 15) is 9.90 Å². The van der Waals surface area contributed by atoms with E-state index >= 15 is 0 Å². The highest BCUT2D eigenvalue weighted by Crippen LogP contribution is 2.04. The molecule has 0 heterocycles. The fourth-order valence-corrected chi connectivity index (χ4v) is 0.873. The molecule has 0 rings (SSSR count). The van der Waals surface area contributed by atoms with E-state index in [4.69, 9.17) is 20.4 Å². The standard InChI is InChI=1S/C8H16O7/c1-2-15-8(14)7(13)6(12)5(11)4(10)3-9/h4-6,8-12,14H,2-3H2,1H3/t4-,5+,6-,8?/m1/s1. The molecule has 0 aromatic carbocycles.